The molecule has 2 heterocycles. The van der Waals surface area contributed by atoms with Gasteiger partial charge < -0.3 is 16.0 Å². The van der Waals surface area contributed by atoms with Crippen molar-refractivity contribution in [3.63, 3.8) is 0 Å². The number of likely N-dealkylation sites (tertiary alicyclic amines) is 1. The molecule has 0 bridgehead atoms. The van der Waals surface area contributed by atoms with E-state index in [0.717, 1.165) is 0 Å². The molecule has 1 aliphatic rings. The number of aryl methyl sites for hydroxylation is 1. The van der Waals surface area contributed by atoms with Crippen molar-refractivity contribution in [3.05, 3.63) is 52.8 Å². The highest BCUT2D eigenvalue weighted by atomic mass is 19.3. The number of amidine groups is 1. The van der Waals surface area contributed by atoms with Crippen LogP contribution in [-0.4, -0.2) is 40.6 Å². The van der Waals surface area contributed by atoms with Crippen LogP contribution in [-0.2, 0) is 0 Å². The summed E-state index contributed by atoms with van der Waals surface area (Å²) in [7, 11) is 0. The van der Waals surface area contributed by atoms with E-state index in [1.165, 1.54) is 23.2 Å². The van der Waals surface area contributed by atoms with Gasteiger partial charge in [0.2, 0.25) is 0 Å². The lowest BCUT2D eigenvalue weighted by molar-refractivity contribution is -0.101. The first-order chi connectivity index (χ1) is 12.7. The summed E-state index contributed by atoms with van der Waals surface area (Å²) < 4.78 is 26.1. The SMILES string of the molecule is Cc1cc(C#N)cnc1C(=O)Nc1ccc(N)c(C(=N)N2CC(F)(F)C2)c1. The van der Waals surface area contributed by atoms with Crippen molar-refractivity contribution < 1.29 is 13.6 Å². The van der Waals surface area contributed by atoms with Gasteiger partial charge >= 0.3 is 0 Å². The molecule has 0 spiro atoms. The number of anilines is 2. The lowest BCUT2D eigenvalue weighted by atomic mass is 10.1. The number of hydrogen-bond acceptors (Lipinski definition) is 5. The van der Waals surface area contributed by atoms with Crippen LogP contribution in [0.15, 0.2) is 30.5 Å². The van der Waals surface area contributed by atoms with Crippen molar-refractivity contribution in [2.45, 2.75) is 12.8 Å². The van der Waals surface area contributed by atoms with Gasteiger partial charge in [0.05, 0.1) is 18.7 Å². The van der Waals surface area contributed by atoms with Crippen molar-refractivity contribution in [2.24, 2.45) is 0 Å². The largest absolute Gasteiger partial charge is 0.398 e. The summed E-state index contributed by atoms with van der Waals surface area (Å²) in [6, 6.07) is 8.01. The van der Waals surface area contributed by atoms with Gasteiger partial charge in [-0.15, -0.1) is 0 Å². The normalized spacial score (nSPS) is 14.8. The molecule has 0 aliphatic carbocycles. The lowest BCUT2D eigenvalue weighted by Crippen LogP contribution is -2.58. The molecule has 1 aromatic heterocycles. The fourth-order valence-electron chi connectivity index (χ4n) is 2.74. The van der Waals surface area contributed by atoms with Gasteiger partial charge in [0.25, 0.3) is 11.8 Å². The standard InChI is InChI=1S/C18H16F2N6O/c1-10-4-11(6-21)7-24-15(10)17(27)25-12-2-3-14(22)13(5-12)16(23)26-8-18(19,20)9-26/h2-5,7,23H,8-9,22H2,1H3,(H,25,27). The number of halogens is 2. The van der Waals surface area contributed by atoms with Gasteiger partial charge in [-0.1, -0.05) is 0 Å². The van der Waals surface area contributed by atoms with Gasteiger partial charge in [-0.3, -0.25) is 10.2 Å². The summed E-state index contributed by atoms with van der Waals surface area (Å²) in [5.74, 6) is -3.41. The smallest absolute Gasteiger partial charge is 0.282 e. The third kappa shape index (κ3) is 3.69. The number of aromatic nitrogens is 1. The Morgan fingerprint density at radius 2 is 2.11 bits per heavy atom. The number of pyridine rings is 1. The van der Waals surface area contributed by atoms with Crippen LogP contribution in [0.25, 0.3) is 0 Å². The van der Waals surface area contributed by atoms with E-state index < -0.39 is 24.9 Å². The minimum Gasteiger partial charge on any atom is -0.398 e. The summed E-state index contributed by atoms with van der Waals surface area (Å²) in [4.78, 5) is 17.6. The zero-order chi connectivity index (χ0) is 19.8. The van der Waals surface area contributed by atoms with Crippen LogP contribution in [0.2, 0.25) is 0 Å². The highest BCUT2D eigenvalue weighted by Gasteiger charge is 2.45. The first-order valence-electron chi connectivity index (χ1n) is 7.99. The molecule has 138 valence electrons. The molecular weight excluding hydrogens is 354 g/mol. The molecule has 0 radical (unpaired) electrons. The fourth-order valence-corrected chi connectivity index (χ4v) is 2.74. The maximum atomic E-state index is 13.0. The molecule has 9 heteroatoms. The van der Waals surface area contributed by atoms with E-state index in [4.69, 9.17) is 16.4 Å². The Balaban J connectivity index is 1.79. The molecule has 1 aromatic carbocycles. The Bertz CT molecular complexity index is 974. The number of alkyl halides is 2. The second kappa shape index (κ2) is 6.64. The first kappa shape index (κ1) is 18.3. The molecule has 27 heavy (non-hydrogen) atoms. The van der Waals surface area contributed by atoms with E-state index >= 15 is 0 Å². The minimum absolute atomic E-state index is 0.123. The number of nitrogens with one attached hydrogen (secondary N) is 2. The zero-order valence-electron chi connectivity index (χ0n) is 14.4. The number of rotatable bonds is 3. The highest BCUT2D eigenvalue weighted by Crippen LogP contribution is 2.30. The Morgan fingerprint density at radius 1 is 1.41 bits per heavy atom. The summed E-state index contributed by atoms with van der Waals surface area (Å²) in [5.41, 5.74) is 7.77. The number of nitrogen functional groups attached to an aromatic ring is 1. The molecule has 0 saturated carbocycles. The Labute approximate surface area is 153 Å². The topological polar surface area (TPSA) is 119 Å². The van der Waals surface area contributed by atoms with Crippen molar-refractivity contribution in [1.82, 2.24) is 9.88 Å². The first-order valence-corrected chi connectivity index (χ1v) is 7.99. The third-order valence-corrected chi connectivity index (χ3v) is 4.15. The molecular formula is C18H16F2N6O. The van der Waals surface area contributed by atoms with E-state index in [1.54, 1.807) is 19.1 Å². The zero-order valence-corrected chi connectivity index (χ0v) is 14.4. The summed E-state index contributed by atoms with van der Waals surface area (Å²) in [5, 5.41) is 19.6. The van der Waals surface area contributed by atoms with E-state index in [0.29, 0.717) is 16.8 Å². The van der Waals surface area contributed by atoms with Gasteiger partial charge in [-0.2, -0.15) is 5.26 Å². The number of amides is 1. The van der Waals surface area contributed by atoms with Crippen molar-refractivity contribution in [2.75, 3.05) is 24.1 Å². The van der Waals surface area contributed by atoms with Crippen LogP contribution < -0.4 is 11.1 Å². The average Bonchev–Trinajstić information content (AvgIpc) is 2.60. The van der Waals surface area contributed by atoms with E-state index in [-0.39, 0.29) is 22.8 Å². The molecule has 4 N–H and O–H groups in total. The summed E-state index contributed by atoms with van der Waals surface area (Å²) >= 11 is 0. The third-order valence-electron chi connectivity index (χ3n) is 4.15. The van der Waals surface area contributed by atoms with E-state index in [2.05, 4.69) is 10.3 Å². The summed E-state index contributed by atoms with van der Waals surface area (Å²) in [6.07, 6.45) is 1.30. The molecule has 3 rings (SSSR count). The highest BCUT2D eigenvalue weighted by molar-refractivity contribution is 6.06. The quantitative estimate of drug-likeness (QED) is 0.435. The molecule has 0 atom stereocenters. The van der Waals surface area contributed by atoms with Crippen LogP contribution in [0, 0.1) is 23.7 Å². The van der Waals surface area contributed by atoms with Gasteiger partial charge in [0.15, 0.2) is 0 Å². The lowest BCUT2D eigenvalue weighted by Gasteiger charge is -2.40. The average molecular weight is 370 g/mol. The van der Waals surface area contributed by atoms with Crippen molar-refractivity contribution in [1.29, 1.82) is 10.7 Å². The molecule has 0 unspecified atom stereocenters. The number of hydrogen-bond donors (Lipinski definition) is 3. The number of nitrogens with two attached hydrogens (primary N) is 1. The van der Waals surface area contributed by atoms with Gasteiger partial charge in [0.1, 0.15) is 17.6 Å². The molecule has 1 saturated heterocycles. The molecule has 1 aliphatic heterocycles. The maximum Gasteiger partial charge on any atom is 0.282 e. The molecule has 7 nitrogen and oxygen atoms in total. The predicted octanol–water partition coefficient (Wildman–Crippen LogP) is 2.37. The second-order valence-electron chi connectivity index (χ2n) is 6.32. The molecule has 2 aromatic rings. The van der Waals surface area contributed by atoms with Crippen molar-refractivity contribution >= 4 is 23.1 Å². The Kier molecular flexibility index (Phi) is 4.49. The van der Waals surface area contributed by atoms with Crippen molar-refractivity contribution in [3.8, 4) is 6.07 Å². The Morgan fingerprint density at radius 3 is 2.70 bits per heavy atom. The van der Waals surface area contributed by atoms with Crippen LogP contribution in [0.3, 0.4) is 0 Å². The fraction of sp³-hybridized carbons (Fsp3) is 0.222. The number of carbonyl (C=O) groups is 1. The molecule has 1 fully saturated rings. The maximum absolute atomic E-state index is 13.0. The number of benzene rings is 1. The Hall–Kier alpha value is -3.54. The van der Waals surface area contributed by atoms with Crippen LogP contribution >= 0.6 is 0 Å². The van der Waals surface area contributed by atoms with Gasteiger partial charge in [-0.05, 0) is 36.8 Å². The van der Waals surface area contributed by atoms with Gasteiger partial charge in [0, 0.05) is 23.1 Å². The van der Waals surface area contributed by atoms with Crippen LogP contribution in [0.1, 0.15) is 27.2 Å². The second-order valence-corrected chi connectivity index (χ2v) is 6.32. The number of carbonyl (C=O) groups excluding carboxylic acids is 1. The van der Waals surface area contributed by atoms with Gasteiger partial charge in [-0.25, -0.2) is 13.8 Å². The van der Waals surface area contributed by atoms with E-state index in [9.17, 15) is 13.6 Å². The van der Waals surface area contributed by atoms with Crippen LogP contribution in [0.5, 0.6) is 0 Å². The number of nitrogens with zero attached hydrogens (tertiary/aromatic N) is 3. The minimum atomic E-state index is -2.80. The predicted molar refractivity (Wildman–Crippen MR) is 95.8 cm³/mol. The monoisotopic (exact) mass is 370 g/mol. The van der Waals surface area contributed by atoms with Crippen LogP contribution in [0.4, 0.5) is 20.2 Å². The van der Waals surface area contributed by atoms with E-state index in [1.807, 2.05) is 6.07 Å². The summed E-state index contributed by atoms with van der Waals surface area (Å²) in [6.45, 7) is 0.601. The molecule has 1 amide bonds. The number of nitriles is 1.